The fourth-order valence-electron chi connectivity index (χ4n) is 3.00. The van der Waals surface area contributed by atoms with Gasteiger partial charge in [-0.2, -0.15) is 13.2 Å². The molecule has 1 saturated carbocycles. The number of rotatable bonds is 2. The van der Waals surface area contributed by atoms with Crippen LogP contribution in [0.25, 0.3) is 0 Å². The highest BCUT2D eigenvalue weighted by Crippen LogP contribution is 2.38. The van der Waals surface area contributed by atoms with Crippen molar-refractivity contribution in [1.82, 2.24) is 14.5 Å². The standard InChI is InChI=1S/C15H14ClF3N4/c16-11-5-9(15(17,18)19)6-20-14(11)22-4-3-13-12(7-22)21-8-23(13)10-1-2-10/h5-6,8,10H,1-4,7H2. The van der Waals surface area contributed by atoms with Crippen molar-refractivity contribution >= 4 is 17.4 Å². The Kier molecular flexibility index (Phi) is 3.30. The van der Waals surface area contributed by atoms with Gasteiger partial charge in [0.05, 0.1) is 29.2 Å². The van der Waals surface area contributed by atoms with Crippen LogP contribution in [0.15, 0.2) is 18.6 Å². The molecule has 0 unspecified atom stereocenters. The Morgan fingerprint density at radius 1 is 1.22 bits per heavy atom. The lowest BCUT2D eigenvalue weighted by Crippen LogP contribution is -2.32. The van der Waals surface area contributed by atoms with E-state index >= 15 is 0 Å². The van der Waals surface area contributed by atoms with Crippen molar-refractivity contribution in [2.75, 3.05) is 11.4 Å². The SMILES string of the molecule is FC(F)(F)c1cnc(N2CCc3c(ncn3C3CC3)C2)c(Cl)c1. The third-order valence-corrected chi connectivity index (χ3v) is 4.61. The van der Waals surface area contributed by atoms with E-state index in [9.17, 15) is 13.2 Å². The van der Waals surface area contributed by atoms with Gasteiger partial charge in [0.1, 0.15) is 5.82 Å². The van der Waals surface area contributed by atoms with E-state index in [2.05, 4.69) is 14.5 Å². The molecule has 0 saturated heterocycles. The fraction of sp³-hybridized carbons (Fsp3) is 0.467. The predicted molar refractivity (Wildman–Crippen MR) is 79.5 cm³/mol. The van der Waals surface area contributed by atoms with E-state index in [-0.39, 0.29) is 5.02 Å². The van der Waals surface area contributed by atoms with E-state index < -0.39 is 11.7 Å². The summed E-state index contributed by atoms with van der Waals surface area (Å²) in [6.45, 7) is 1.19. The predicted octanol–water partition coefficient (Wildman–Crippen LogP) is 3.85. The maximum atomic E-state index is 12.7. The number of pyridine rings is 1. The molecule has 4 nitrogen and oxygen atoms in total. The Morgan fingerprint density at radius 2 is 2.00 bits per heavy atom. The minimum atomic E-state index is -4.44. The minimum Gasteiger partial charge on any atom is -0.349 e. The second kappa shape index (κ2) is 5.12. The van der Waals surface area contributed by atoms with Gasteiger partial charge < -0.3 is 9.47 Å². The lowest BCUT2D eigenvalue weighted by atomic mass is 10.1. The Balaban J connectivity index is 1.59. The second-order valence-electron chi connectivity index (χ2n) is 5.98. The summed E-state index contributed by atoms with van der Waals surface area (Å²) in [5.74, 6) is 0.381. The molecule has 4 rings (SSSR count). The van der Waals surface area contributed by atoms with Crippen LogP contribution in [0.1, 0.15) is 35.8 Å². The van der Waals surface area contributed by atoms with Gasteiger partial charge in [0.15, 0.2) is 0 Å². The minimum absolute atomic E-state index is 0.0184. The Bertz CT molecular complexity index is 752. The van der Waals surface area contributed by atoms with Crippen LogP contribution in [-0.2, 0) is 19.1 Å². The molecular weight excluding hydrogens is 329 g/mol. The number of hydrogen-bond donors (Lipinski definition) is 0. The largest absolute Gasteiger partial charge is 0.417 e. The van der Waals surface area contributed by atoms with Gasteiger partial charge in [-0.1, -0.05) is 11.6 Å². The van der Waals surface area contributed by atoms with Crippen LogP contribution >= 0.6 is 11.6 Å². The van der Waals surface area contributed by atoms with Crippen molar-refractivity contribution in [3.8, 4) is 0 Å². The van der Waals surface area contributed by atoms with Crippen molar-refractivity contribution < 1.29 is 13.2 Å². The molecule has 0 amide bonds. The van der Waals surface area contributed by atoms with E-state index in [1.54, 1.807) is 0 Å². The summed E-state index contributed by atoms with van der Waals surface area (Å²) in [5.41, 5.74) is 1.36. The number of fused-ring (bicyclic) bond motifs is 1. The summed E-state index contributed by atoms with van der Waals surface area (Å²) in [6.07, 6.45) is 1.45. The molecule has 3 heterocycles. The van der Waals surface area contributed by atoms with Gasteiger partial charge >= 0.3 is 6.18 Å². The molecule has 0 aromatic carbocycles. The molecule has 2 aromatic heterocycles. The van der Waals surface area contributed by atoms with E-state index in [0.717, 1.165) is 24.4 Å². The van der Waals surface area contributed by atoms with Crippen molar-refractivity contribution in [3.63, 3.8) is 0 Å². The zero-order valence-corrected chi connectivity index (χ0v) is 12.9. The summed E-state index contributed by atoms with van der Waals surface area (Å²) in [4.78, 5) is 10.3. The molecule has 0 radical (unpaired) electrons. The Morgan fingerprint density at radius 3 is 2.65 bits per heavy atom. The van der Waals surface area contributed by atoms with Crippen LogP contribution in [0.5, 0.6) is 0 Å². The first-order valence-corrected chi connectivity index (χ1v) is 7.83. The summed E-state index contributed by atoms with van der Waals surface area (Å²) >= 11 is 6.03. The topological polar surface area (TPSA) is 34.0 Å². The summed E-state index contributed by atoms with van der Waals surface area (Å²) in [5, 5.41) is 0.0184. The second-order valence-corrected chi connectivity index (χ2v) is 6.38. The van der Waals surface area contributed by atoms with Crippen LogP contribution in [0.4, 0.5) is 19.0 Å². The molecule has 8 heteroatoms. The molecule has 1 fully saturated rings. The molecule has 0 N–H and O–H groups in total. The number of halogens is 4. The quantitative estimate of drug-likeness (QED) is 0.831. The molecule has 0 atom stereocenters. The zero-order chi connectivity index (χ0) is 16.2. The smallest absolute Gasteiger partial charge is 0.349 e. The number of imidazole rings is 1. The van der Waals surface area contributed by atoms with Gasteiger partial charge in [-0.15, -0.1) is 0 Å². The van der Waals surface area contributed by atoms with Gasteiger partial charge in [-0.05, 0) is 18.9 Å². The van der Waals surface area contributed by atoms with Gasteiger partial charge in [-0.25, -0.2) is 9.97 Å². The lowest BCUT2D eigenvalue weighted by molar-refractivity contribution is -0.137. The molecule has 0 bridgehead atoms. The summed E-state index contributed by atoms with van der Waals surface area (Å²) in [7, 11) is 0. The van der Waals surface area contributed by atoms with Gasteiger partial charge in [0.25, 0.3) is 0 Å². The third kappa shape index (κ3) is 2.67. The van der Waals surface area contributed by atoms with E-state index in [4.69, 9.17) is 11.6 Å². The first kappa shape index (κ1) is 14.8. The average Bonchev–Trinajstić information content (AvgIpc) is 3.25. The van der Waals surface area contributed by atoms with Crippen molar-refractivity contribution in [2.24, 2.45) is 0 Å². The maximum absolute atomic E-state index is 12.7. The summed E-state index contributed by atoms with van der Waals surface area (Å²) in [6, 6.07) is 1.51. The monoisotopic (exact) mass is 342 g/mol. The summed E-state index contributed by atoms with van der Waals surface area (Å²) < 4.78 is 40.3. The van der Waals surface area contributed by atoms with Crippen LogP contribution in [0.3, 0.4) is 0 Å². The number of nitrogens with zero attached hydrogens (tertiary/aromatic N) is 4. The third-order valence-electron chi connectivity index (χ3n) is 4.33. The van der Waals surface area contributed by atoms with Gasteiger partial charge in [0, 0.05) is 30.9 Å². The van der Waals surface area contributed by atoms with Crippen LogP contribution in [-0.4, -0.2) is 21.1 Å². The van der Waals surface area contributed by atoms with Crippen molar-refractivity contribution in [1.29, 1.82) is 0 Å². The Labute approximate surface area is 135 Å². The van der Waals surface area contributed by atoms with Gasteiger partial charge in [-0.3, -0.25) is 0 Å². The number of anilines is 1. The maximum Gasteiger partial charge on any atom is 0.417 e. The lowest BCUT2D eigenvalue weighted by Gasteiger charge is -2.29. The molecule has 23 heavy (non-hydrogen) atoms. The molecule has 2 aliphatic rings. The highest BCUT2D eigenvalue weighted by molar-refractivity contribution is 6.33. The zero-order valence-electron chi connectivity index (χ0n) is 12.1. The average molecular weight is 343 g/mol. The molecule has 1 aliphatic carbocycles. The Hall–Kier alpha value is -1.76. The molecule has 2 aromatic rings. The molecule has 0 spiro atoms. The first-order chi connectivity index (χ1) is 10.9. The molecular formula is C15H14ClF3N4. The first-order valence-electron chi connectivity index (χ1n) is 7.46. The molecule has 1 aliphatic heterocycles. The van der Waals surface area contributed by atoms with Crippen LogP contribution in [0, 0.1) is 0 Å². The number of hydrogen-bond acceptors (Lipinski definition) is 3. The fourth-order valence-corrected chi connectivity index (χ4v) is 3.28. The van der Waals surface area contributed by atoms with Crippen molar-refractivity contribution in [2.45, 2.75) is 38.0 Å². The van der Waals surface area contributed by atoms with E-state index in [1.165, 1.54) is 18.5 Å². The number of alkyl halides is 3. The van der Waals surface area contributed by atoms with Crippen LogP contribution in [0.2, 0.25) is 5.02 Å². The number of aromatic nitrogens is 3. The highest BCUT2D eigenvalue weighted by atomic mass is 35.5. The van der Waals surface area contributed by atoms with E-state index in [1.807, 2.05) is 11.2 Å². The normalized spacial score (nSPS) is 18.2. The molecule has 122 valence electrons. The van der Waals surface area contributed by atoms with Gasteiger partial charge in [0.2, 0.25) is 0 Å². The van der Waals surface area contributed by atoms with E-state index in [0.29, 0.717) is 24.9 Å². The van der Waals surface area contributed by atoms with Crippen LogP contribution < -0.4 is 4.90 Å². The highest BCUT2D eigenvalue weighted by Gasteiger charge is 2.33. The van der Waals surface area contributed by atoms with Crippen molar-refractivity contribution in [3.05, 3.63) is 40.6 Å².